The fraction of sp³-hybridized carbons (Fsp3) is 0.125. The SMILES string of the molecule is COc1ccc(Cl)cc1NC(=O)CN=C1NS(=O)(=O)c2ccccc21. The Morgan fingerprint density at radius 1 is 1.28 bits per heavy atom. The number of amides is 1. The molecule has 0 unspecified atom stereocenters. The number of carbonyl (C=O) groups excluding carboxylic acids is 1. The Bertz CT molecular complexity index is 973. The highest BCUT2D eigenvalue weighted by Gasteiger charge is 2.30. The van der Waals surface area contributed by atoms with Gasteiger partial charge in [0.15, 0.2) is 0 Å². The first-order valence-electron chi connectivity index (χ1n) is 7.21. The number of hydrogen-bond acceptors (Lipinski definition) is 5. The van der Waals surface area contributed by atoms with E-state index in [1.807, 2.05) is 0 Å². The van der Waals surface area contributed by atoms with Crippen LogP contribution in [0.2, 0.25) is 5.02 Å². The first-order chi connectivity index (χ1) is 11.9. The first-order valence-corrected chi connectivity index (χ1v) is 9.07. The molecule has 0 atom stereocenters. The van der Waals surface area contributed by atoms with Crippen molar-refractivity contribution >= 4 is 39.1 Å². The molecule has 0 radical (unpaired) electrons. The van der Waals surface area contributed by atoms with Crippen LogP contribution in [-0.2, 0) is 14.8 Å². The average Bonchev–Trinajstić information content (AvgIpc) is 2.84. The molecule has 9 heteroatoms. The predicted octanol–water partition coefficient (Wildman–Crippen LogP) is 2.03. The summed E-state index contributed by atoms with van der Waals surface area (Å²) in [5.41, 5.74) is 0.850. The Morgan fingerprint density at radius 2 is 2.04 bits per heavy atom. The number of sulfonamides is 1. The average molecular weight is 380 g/mol. The van der Waals surface area contributed by atoms with Crippen LogP contribution in [0, 0.1) is 0 Å². The fourth-order valence-corrected chi connectivity index (χ4v) is 3.79. The number of nitrogens with zero attached hydrogens (tertiary/aromatic N) is 1. The van der Waals surface area contributed by atoms with Crippen molar-refractivity contribution in [2.24, 2.45) is 4.99 Å². The van der Waals surface area contributed by atoms with Crippen molar-refractivity contribution in [1.29, 1.82) is 0 Å². The van der Waals surface area contributed by atoms with Crippen LogP contribution >= 0.6 is 11.6 Å². The number of methoxy groups -OCH3 is 1. The van der Waals surface area contributed by atoms with Crippen molar-refractivity contribution in [3.8, 4) is 5.75 Å². The van der Waals surface area contributed by atoms with Crippen LogP contribution in [0.5, 0.6) is 5.75 Å². The van der Waals surface area contributed by atoms with E-state index in [0.717, 1.165) is 0 Å². The summed E-state index contributed by atoms with van der Waals surface area (Å²) >= 11 is 5.91. The van der Waals surface area contributed by atoms with Gasteiger partial charge in [0.1, 0.15) is 18.1 Å². The van der Waals surface area contributed by atoms with Crippen molar-refractivity contribution in [3.05, 3.63) is 53.1 Å². The minimum atomic E-state index is -3.63. The van der Waals surface area contributed by atoms with E-state index in [0.29, 0.717) is 22.0 Å². The third-order valence-corrected chi connectivity index (χ3v) is 5.11. The molecule has 0 saturated heterocycles. The molecule has 7 nitrogen and oxygen atoms in total. The number of anilines is 1. The summed E-state index contributed by atoms with van der Waals surface area (Å²) in [5.74, 6) is 0.165. The zero-order valence-electron chi connectivity index (χ0n) is 13.1. The van der Waals surface area contributed by atoms with E-state index in [1.165, 1.54) is 13.2 Å². The molecule has 2 aromatic carbocycles. The number of benzene rings is 2. The van der Waals surface area contributed by atoms with Gasteiger partial charge in [-0.05, 0) is 30.3 Å². The van der Waals surface area contributed by atoms with Gasteiger partial charge >= 0.3 is 0 Å². The van der Waals surface area contributed by atoms with Crippen LogP contribution in [-0.4, -0.2) is 33.8 Å². The van der Waals surface area contributed by atoms with Gasteiger partial charge in [0.2, 0.25) is 5.91 Å². The van der Waals surface area contributed by atoms with E-state index in [1.54, 1.807) is 36.4 Å². The highest BCUT2D eigenvalue weighted by Crippen LogP contribution is 2.27. The molecule has 0 saturated carbocycles. The van der Waals surface area contributed by atoms with Gasteiger partial charge in [-0.25, -0.2) is 8.42 Å². The number of fused-ring (bicyclic) bond motifs is 1. The van der Waals surface area contributed by atoms with Gasteiger partial charge < -0.3 is 10.1 Å². The van der Waals surface area contributed by atoms with Crippen LogP contribution in [0.1, 0.15) is 5.56 Å². The summed E-state index contributed by atoms with van der Waals surface area (Å²) in [4.78, 5) is 16.3. The van der Waals surface area contributed by atoms with Crippen molar-refractivity contribution in [2.75, 3.05) is 19.0 Å². The molecule has 1 amide bonds. The van der Waals surface area contributed by atoms with E-state index >= 15 is 0 Å². The largest absolute Gasteiger partial charge is 0.495 e. The van der Waals surface area contributed by atoms with Crippen molar-refractivity contribution in [2.45, 2.75) is 4.90 Å². The number of nitrogens with one attached hydrogen (secondary N) is 2. The molecule has 0 bridgehead atoms. The fourth-order valence-electron chi connectivity index (χ4n) is 2.37. The topological polar surface area (TPSA) is 96.9 Å². The summed E-state index contributed by atoms with van der Waals surface area (Å²) in [6.07, 6.45) is 0. The molecule has 2 aromatic rings. The second kappa shape index (κ2) is 6.73. The van der Waals surface area contributed by atoms with E-state index in [4.69, 9.17) is 16.3 Å². The summed E-state index contributed by atoms with van der Waals surface area (Å²) < 4.78 is 31.5. The first kappa shape index (κ1) is 17.2. The molecule has 1 heterocycles. The normalized spacial score (nSPS) is 16.2. The van der Waals surface area contributed by atoms with Gasteiger partial charge in [-0.1, -0.05) is 23.7 Å². The lowest BCUT2D eigenvalue weighted by atomic mass is 10.2. The van der Waals surface area contributed by atoms with Crippen LogP contribution in [0.25, 0.3) is 0 Å². The monoisotopic (exact) mass is 379 g/mol. The molecule has 0 fully saturated rings. The summed E-state index contributed by atoms with van der Waals surface area (Å²) in [7, 11) is -2.15. The zero-order valence-corrected chi connectivity index (χ0v) is 14.7. The third-order valence-electron chi connectivity index (χ3n) is 3.48. The van der Waals surface area contributed by atoms with Crippen LogP contribution < -0.4 is 14.8 Å². The van der Waals surface area contributed by atoms with Gasteiger partial charge in [0.25, 0.3) is 10.0 Å². The minimum Gasteiger partial charge on any atom is -0.495 e. The Hall–Kier alpha value is -2.58. The Morgan fingerprint density at radius 3 is 2.80 bits per heavy atom. The van der Waals surface area contributed by atoms with Crippen LogP contribution in [0.4, 0.5) is 5.69 Å². The second-order valence-corrected chi connectivity index (χ2v) is 7.25. The molecule has 0 aromatic heterocycles. The van der Waals surface area contributed by atoms with Crippen molar-refractivity contribution in [3.63, 3.8) is 0 Å². The van der Waals surface area contributed by atoms with E-state index < -0.39 is 15.9 Å². The number of carbonyl (C=O) groups is 1. The summed E-state index contributed by atoms with van der Waals surface area (Å²) in [6, 6.07) is 11.3. The molecular formula is C16H14ClN3O4S. The molecule has 2 N–H and O–H groups in total. The van der Waals surface area contributed by atoms with Crippen molar-refractivity contribution < 1.29 is 17.9 Å². The second-order valence-electron chi connectivity index (χ2n) is 5.16. The molecule has 0 spiro atoms. The molecule has 3 rings (SSSR count). The minimum absolute atomic E-state index is 0.142. The summed E-state index contributed by atoms with van der Waals surface area (Å²) in [6.45, 7) is -0.262. The van der Waals surface area contributed by atoms with E-state index in [9.17, 15) is 13.2 Å². The van der Waals surface area contributed by atoms with Gasteiger partial charge in [-0.2, -0.15) is 0 Å². The lowest BCUT2D eigenvalue weighted by molar-refractivity contribution is -0.114. The molecule has 1 aliphatic heterocycles. The quantitative estimate of drug-likeness (QED) is 0.849. The third kappa shape index (κ3) is 3.59. The standard InChI is InChI=1S/C16H14ClN3O4S/c1-24-13-7-6-10(17)8-12(13)19-15(21)9-18-16-11-4-2-3-5-14(11)25(22,23)20-16/h2-8H,9H2,1H3,(H,18,20)(H,19,21). The number of rotatable bonds is 4. The van der Waals surface area contributed by atoms with E-state index in [-0.39, 0.29) is 17.3 Å². The van der Waals surface area contributed by atoms with Gasteiger partial charge in [0, 0.05) is 10.6 Å². The van der Waals surface area contributed by atoms with Crippen LogP contribution in [0.3, 0.4) is 0 Å². The molecule has 1 aliphatic rings. The number of amidine groups is 1. The Balaban J connectivity index is 1.77. The van der Waals surface area contributed by atoms with Gasteiger partial charge in [-0.15, -0.1) is 0 Å². The molecular weight excluding hydrogens is 366 g/mol. The Kier molecular flexibility index (Phi) is 4.65. The predicted molar refractivity (Wildman–Crippen MR) is 94.8 cm³/mol. The van der Waals surface area contributed by atoms with Crippen LogP contribution in [0.15, 0.2) is 52.4 Å². The lowest BCUT2D eigenvalue weighted by Gasteiger charge is -2.09. The number of halogens is 1. The number of aliphatic imine (C=N–C) groups is 1. The highest BCUT2D eigenvalue weighted by atomic mass is 35.5. The van der Waals surface area contributed by atoms with E-state index in [2.05, 4.69) is 15.0 Å². The number of hydrogen-bond donors (Lipinski definition) is 2. The highest BCUT2D eigenvalue weighted by molar-refractivity contribution is 7.90. The maximum Gasteiger partial charge on any atom is 0.263 e. The maximum absolute atomic E-state index is 12.1. The lowest BCUT2D eigenvalue weighted by Crippen LogP contribution is -2.24. The van der Waals surface area contributed by atoms with Crippen molar-refractivity contribution in [1.82, 2.24) is 4.72 Å². The maximum atomic E-state index is 12.1. The molecule has 0 aliphatic carbocycles. The van der Waals surface area contributed by atoms with Gasteiger partial charge in [-0.3, -0.25) is 14.5 Å². The Labute approximate surface area is 149 Å². The van der Waals surface area contributed by atoms with Gasteiger partial charge in [0.05, 0.1) is 17.7 Å². The zero-order chi connectivity index (χ0) is 18.0. The molecule has 25 heavy (non-hydrogen) atoms. The summed E-state index contributed by atoms with van der Waals surface area (Å²) in [5, 5.41) is 3.08. The molecule has 130 valence electrons. The number of ether oxygens (including phenoxy) is 1. The smallest absolute Gasteiger partial charge is 0.263 e.